The maximum atomic E-state index is 12.1. The molecule has 0 aliphatic carbocycles. The van der Waals surface area contributed by atoms with E-state index in [0.717, 1.165) is 18.7 Å². The first kappa shape index (κ1) is 12.1. The largest absolute Gasteiger partial charge is 0.306 e. The fraction of sp³-hybridized carbons (Fsp3) is 0.571. The van der Waals surface area contributed by atoms with E-state index in [-0.39, 0.29) is 11.8 Å². The topological polar surface area (TPSA) is 24.2 Å². The van der Waals surface area contributed by atoms with Gasteiger partial charge in [0.1, 0.15) is 5.69 Å². The van der Waals surface area contributed by atoms with Crippen LogP contribution in [0.25, 0.3) is 0 Å². The van der Waals surface area contributed by atoms with E-state index in [2.05, 4.69) is 30.7 Å². The van der Waals surface area contributed by atoms with Gasteiger partial charge in [0.2, 0.25) is 11.6 Å². The molecule has 3 nitrogen and oxygen atoms in total. The summed E-state index contributed by atoms with van der Waals surface area (Å²) in [7, 11) is 0. The summed E-state index contributed by atoms with van der Waals surface area (Å²) in [5, 5.41) is 0. The molecule has 0 radical (unpaired) electrons. The van der Waals surface area contributed by atoms with Crippen molar-refractivity contribution in [1.82, 2.24) is 0 Å². The Morgan fingerprint density at radius 2 is 2.06 bits per heavy atom. The lowest BCUT2D eigenvalue weighted by molar-refractivity contribution is -0.721. The number of hydrogen-bond donors (Lipinski definition) is 0. The van der Waals surface area contributed by atoms with E-state index in [1.807, 2.05) is 24.8 Å². The predicted molar refractivity (Wildman–Crippen MR) is 67.9 cm³/mol. The standard InChI is InChI=1S/C14H21N2O/c1-10(2)14(17)16-9-7-13-12(16)6-5-8-15(13)11(3)4/h5-6,8,10-11H,7,9H2,1-4H3/q+1. The van der Waals surface area contributed by atoms with Crippen molar-refractivity contribution in [2.45, 2.75) is 40.2 Å². The Kier molecular flexibility index (Phi) is 3.18. The number of pyridine rings is 1. The number of carbonyl (C=O) groups excluding carboxylic acids is 1. The molecular formula is C14H21N2O+. The van der Waals surface area contributed by atoms with Crippen molar-refractivity contribution >= 4 is 11.6 Å². The molecule has 0 fully saturated rings. The number of nitrogens with zero attached hydrogens (tertiary/aromatic N) is 2. The number of aromatic nitrogens is 1. The van der Waals surface area contributed by atoms with Gasteiger partial charge in [-0.2, -0.15) is 4.57 Å². The van der Waals surface area contributed by atoms with Gasteiger partial charge in [-0.3, -0.25) is 4.79 Å². The molecule has 3 heteroatoms. The molecule has 0 unspecified atom stereocenters. The molecule has 92 valence electrons. The second-order valence-corrected chi connectivity index (χ2v) is 5.24. The van der Waals surface area contributed by atoms with Crippen LogP contribution in [0.5, 0.6) is 0 Å². The van der Waals surface area contributed by atoms with Crippen molar-refractivity contribution < 1.29 is 9.36 Å². The number of fused-ring (bicyclic) bond motifs is 1. The van der Waals surface area contributed by atoms with Crippen LogP contribution in [0, 0.1) is 5.92 Å². The van der Waals surface area contributed by atoms with E-state index in [1.54, 1.807) is 0 Å². The number of amides is 1. The highest BCUT2D eigenvalue weighted by molar-refractivity contribution is 5.96. The Morgan fingerprint density at radius 3 is 2.65 bits per heavy atom. The van der Waals surface area contributed by atoms with Crippen LogP contribution in [0.3, 0.4) is 0 Å². The molecule has 2 rings (SSSR count). The minimum Gasteiger partial charge on any atom is -0.306 e. The summed E-state index contributed by atoms with van der Waals surface area (Å²) in [5.74, 6) is 0.291. The van der Waals surface area contributed by atoms with E-state index in [4.69, 9.17) is 0 Å². The summed E-state index contributed by atoms with van der Waals surface area (Å²) in [6.45, 7) is 9.09. The van der Waals surface area contributed by atoms with Crippen molar-refractivity contribution in [1.29, 1.82) is 0 Å². The number of carbonyl (C=O) groups is 1. The summed E-state index contributed by atoms with van der Waals surface area (Å²) < 4.78 is 2.27. The Labute approximate surface area is 103 Å². The zero-order chi connectivity index (χ0) is 12.6. The van der Waals surface area contributed by atoms with E-state index < -0.39 is 0 Å². The average molecular weight is 233 g/mol. The quantitative estimate of drug-likeness (QED) is 0.718. The molecule has 1 aromatic heterocycles. The van der Waals surface area contributed by atoms with E-state index in [0.29, 0.717) is 6.04 Å². The van der Waals surface area contributed by atoms with Crippen LogP contribution in [0.1, 0.15) is 39.4 Å². The first-order chi connectivity index (χ1) is 8.02. The van der Waals surface area contributed by atoms with E-state index in [1.165, 1.54) is 5.69 Å². The lowest BCUT2D eigenvalue weighted by Crippen LogP contribution is -2.40. The minimum atomic E-state index is 0.0636. The smallest absolute Gasteiger partial charge is 0.229 e. The number of hydrogen-bond acceptors (Lipinski definition) is 1. The summed E-state index contributed by atoms with van der Waals surface area (Å²) in [6, 6.07) is 4.53. The third kappa shape index (κ3) is 2.06. The van der Waals surface area contributed by atoms with Gasteiger partial charge in [-0.25, -0.2) is 0 Å². The lowest BCUT2D eigenvalue weighted by atomic mass is 10.2. The Bertz CT molecular complexity index is 438. The van der Waals surface area contributed by atoms with Crippen molar-refractivity contribution in [3.05, 3.63) is 24.0 Å². The number of anilines is 1. The molecule has 1 aliphatic heterocycles. The SMILES string of the molecule is CC(C)C(=O)N1CCc2c1ccc[n+]2C(C)C. The normalized spacial score (nSPS) is 14.6. The Hall–Kier alpha value is -1.38. The molecule has 0 bridgehead atoms. The van der Waals surface area contributed by atoms with Crippen LogP contribution in [0.15, 0.2) is 18.3 Å². The summed E-state index contributed by atoms with van der Waals surface area (Å²) >= 11 is 0. The highest BCUT2D eigenvalue weighted by atomic mass is 16.2. The minimum absolute atomic E-state index is 0.0636. The maximum Gasteiger partial charge on any atom is 0.229 e. The molecule has 0 atom stereocenters. The van der Waals surface area contributed by atoms with Gasteiger partial charge in [-0.1, -0.05) is 13.8 Å². The fourth-order valence-electron chi connectivity index (χ4n) is 2.41. The third-order valence-electron chi connectivity index (χ3n) is 3.29. The van der Waals surface area contributed by atoms with Crippen LogP contribution in [0.2, 0.25) is 0 Å². The van der Waals surface area contributed by atoms with Crippen LogP contribution >= 0.6 is 0 Å². The summed E-state index contributed by atoms with van der Waals surface area (Å²) in [5.41, 5.74) is 2.39. The molecule has 0 aromatic carbocycles. The van der Waals surface area contributed by atoms with E-state index in [9.17, 15) is 4.79 Å². The van der Waals surface area contributed by atoms with Crippen molar-refractivity contribution in [2.75, 3.05) is 11.4 Å². The number of rotatable bonds is 2. The Balaban J connectivity index is 2.39. The van der Waals surface area contributed by atoms with Gasteiger partial charge < -0.3 is 4.90 Å². The zero-order valence-corrected chi connectivity index (χ0v) is 11.1. The monoisotopic (exact) mass is 233 g/mol. The second-order valence-electron chi connectivity index (χ2n) is 5.24. The van der Waals surface area contributed by atoms with Gasteiger partial charge in [-0.05, 0) is 19.9 Å². The highest BCUT2D eigenvalue weighted by Crippen LogP contribution is 2.26. The van der Waals surface area contributed by atoms with Crippen LogP contribution in [-0.2, 0) is 11.2 Å². The molecule has 0 saturated carbocycles. The van der Waals surface area contributed by atoms with Crippen LogP contribution in [-0.4, -0.2) is 12.5 Å². The lowest BCUT2D eigenvalue weighted by Gasteiger charge is -2.18. The molecule has 2 heterocycles. The van der Waals surface area contributed by atoms with Crippen LogP contribution in [0.4, 0.5) is 5.69 Å². The van der Waals surface area contributed by atoms with Crippen LogP contribution < -0.4 is 9.47 Å². The molecule has 0 spiro atoms. The molecule has 17 heavy (non-hydrogen) atoms. The molecule has 0 N–H and O–H groups in total. The van der Waals surface area contributed by atoms with Crippen molar-refractivity contribution in [3.8, 4) is 0 Å². The highest BCUT2D eigenvalue weighted by Gasteiger charge is 2.32. The molecule has 0 saturated heterocycles. The predicted octanol–water partition coefficient (Wildman–Crippen LogP) is 2.10. The van der Waals surface area contributed by atoms with E-state index >= 15 is 0 Å². The first-order valence-electron chi connectivity index (χ1n) is 6.36. The van der Waals surface area contributed by atoms with Gasteiger partial charge in [0.25, 0.3) is 0 Å². The molecule has 1 aromatic rings. The van der Waals surface area contributed by atoms with Gasteiger partial charge >= 0.3 is 0 Å². The Morgan fingerprint density at radius 1 is 1.35 bits per heavy atom. The molecular weight excluding hydrogens is 212 g/mol. The maximum absolute atomic E-state index is 12.1. The molecule has 1 aliphatic rings. The summed E-state index contributed by atoms with van der Waals surface area (Å²) in [6.07, 6.45) is 3.07. The van der Waals surface area contributed by atoms with Gasteiger partial charge in [-0.15, -0.1) is 0 Å². The zero-order valence-electron chi connectivity index (χ0n) is 11.1. The van der Waals surface area contributed by atoms with Crippen molar-refractivity contribution in [2.24, 2.45) is 5.92 Å². The van der Waals surface area contributed by atoms with Gasteiger partial charge in [0, 0.05) is 18.5 Å². The molecule has 1 amide bonds. The second kappa shape index (κ2) is 4.47. The first-order valence-corrected chi connectivity index (χ1v) is 6.36. The summed E-state index contributed by atoms with van der Waals surface area (Å²) in [4.78, 5) is 14.0. The van der Waals surface area contributed by atoms with Crippen molar-refractivity contribution in [3.63, 3.8) is 0 Å². The van der Waals surface area contributed by atoms with Gasteiger partial charge in [0.15, 0.2) is 12.2 Å². The van der Waals surface area contributed by atoms with Gasteiger partial charge in [0.05, 0.1) is 6.42 Å². The fourth-order valence-corrected chi connectivity index (χ4v) is 2.41. The third-order valence-corrected chi connectivity index (χ3v) is 3.29. The average Bonchev–Trinajstić information content (AvgIpc) is 2.70.